The van der Waals surface area contributed by atoms with Crippen molar-refractivity contribution >= 4 is 17.2 Å². The van der Waals surface area contributed by atoms with Gasteiger partial charge in [-0.25, -0.2) is 0 Å². The van der Waals surface area contributed by atoms with Gasteiger partial charge in [-0.15, -0.1) is 11.3 Å². The molecule has 2 atom stereocenters. The minimum Gasteiger partial charge on any atom is -0.376 e. The van der Waals surface area contributed by atoms with E-state index in [1.807, 2.05) is 11.0 Å². The zero-order chi connectivity index (χ0) is 14.5. The molecule has 2 aliphatic rings. The summed E-state index contributed by atoms with van der Waals surface area (Å²) in [5, 5.41) is 5.45. The molecule has 1 aromatic heterocycles. The van der Waals surface area contributed by atoms with Crippen LogP contribution in [0.25, 0.3) is 0 Å². The van der Waals surface area contributed by atoms with Crippen molar-refractivity contribution in [3.63, 3.8) is 0 Å². The Morgan fingerprint density at radius 1 is 1.38 bits per heavy atom. The molecule has 0 aromatic carbocycles. The number of carbonyl (C=O) groups excluding carboxylic acids is 1. The molecule has 0 spiro atoms. The van der Waals surface area contributed by atoms with Crippen molar-refractivity contribution in [1.82, 2.24) is 10.2 Å². The van der Waals surface area contributed by atoms with E-state index >= 15 is 0 Å². The van der Waals surface area contributed by atoms with Gasteiger partial charge in [-0.2, -0.15) is 0 Å². The largest absolute Gasteiger partial charge is 0.376 e. The number of hydrogen-bond acceptors (Lipinski definition) is 4. The number of nitrogens with zero attached hydrogens (tertiary/aromatic N) is 1. The lowest BCUT2D eigenvalue weighted by Gasteiger charge is -2.31. The van der Waals surface area contributed by atoms with Crippen LogP contribution in [0.5, 0.6) is 0 Å². The molecule has 1 aromatic rings. The molecule has 5 heteroatoms. The zero-order valence-electron chi connectivity index (χ0n) is 12.4. The number of rotatable bonds is 5. The lowest BCUT2D eigenvalue weighted by Crippen LogP contribution is -2.50. The van der Waals surface area contributed by atoms with Crippen LogP contribution in [0.4, 0.5) is 0 Å². The smallest absolute Gasteiger partial charge is 0.240 e. The first-order chi connectivity index (χ1) is 10.3. The second-order valence-electron chi connectivity index (χ2n) is 5.94. The second-order valence-corrected chi connectivity index (χ2v) is 6.97. The normalized spacial score (nSPS) is 25.9. The molecule has 4 nitrogen and oxygen atoms in total. The number of nitrogens with one attached hydrogen (secondary N) is 1. The van der Waals surface area contributed by atoms with Gasteiger partial charge in [0.25, 0.3) is 0 Å². The summed E-state index contributed by atoms with van der Waals surface area (Å²) in [5.41, 5.74) is 0. The molecule has 2 aliphatic heterocycles. The highest BCUT2D eigenvalue weighted by Crippen LogP contribution is 2.19. The fourth-order valence-corrected chi connectivity index (χ4v) is 3.86. The highest BCUT2D eigenvalue weighted by molar-refractivity contribution is 7.09. The number of ether oxygens (including phenoxy) is 1. The minimum atomic E-state index is 0.000107. The number of carbonyl (C=O) groups is 1. The number of hydrogen-bond donors (Lipinski definition) is 1. The Labute approximate surface area is 130 Å². The van der Waals surface area contributed by atoms with E-state index in [1.54, 1.807) is 11.3 Å². The maximum atomic E-state index is 12.8. The summed E-state index contributed by atoms with van der Waals surface area (Å²) in [7, 11) is 0. The fraction of sp³-hybridized carbons (Fsp3) is 0.688. The molecule has 2 saturated heterocycles. The SMILES string of the molecule is O=C([C@H]1CCCCN1)N(Cc1cccs1)CC1CCCO1. The Hall–Kier alpha value is -0.910. The summed E-state index contributed by atoms with van der Waals surface area (Å²) in [6.45, 7) is 3.25. The van der Waals surface area contributed by atoms with E-state index in [1.165, 1.54) is 11.3 Å². The van der Waals surface area contributed by atoms with Crippen molar-refractivity contribution < 1.29 is 9.53 Å². The third-order valence-electron chi connectivity index (χ3n) is 4.29. The predicted molar refractivity (Wildman–Crippen MR) is 84.4 cm³/mol. The Bertz CT molecular complexity index is 437. The van der Waals surface area contributed by atoms with Gasteiger partial charge in [0, 0.05) is 18.0 Å². The van der Waals surface area contributed by atoms with Gasteiger partial charge in [-0.05, 0) is 43.7 Å². The van der Waals surface area contributed by atoms with Crippen molar-refractivity contribution in [2.45, 2.75) is 50.8 Å². The van der Waals surface area contributed by atoms with E-state index in [4.69, 9.17) is 4.74 Å². The predicted octanol–water partition coefficient (Wildman–Crippen LogP) is 2.40. The molecule has 0 bridgehead atoms. The van der Waals surface area contributed by atoms with Gasteiger partial charge in [0.1, 0.15) is 0 Å². The van der Waals surface area contributed by atoms with E-state index in [-0.39, 0.29) is 18.1 Å². The first kappa shape index (κ1) is 15.0. The zero-order valence-corrected chi connectivity index (χ0v) is 13.2. The third-order valence-corrected chi connectivity index (χ3v) is 5.16. The minimum absolute atomic E-state index is 0.000107. The van der Waals surface area contributed by atoms with Crippen molar-refractivity contribution in [3.8, 4) is 0 Å². The molecule has 21 heavy (non-hydrogen) atoms. The first-order valence-corrected chi connectivity index (χ1v) is 8.87. The van der Waals surface area contributed by atoms with Gasteiger partial charge in [0.2, 0.25) is 5.91 Å². The summed E-state index contributed by atoms with van der Waals surface area (Å²) in [4.78, 5) is 16.1. The molecule has 1 N–H and O–H groups in total. The maximum Gasteiger partial charge on any atom is 0.240 e. The van der Waals surface area contributed by atoms with E-state index in [0.29, 0.717) is 6.54 Å². The average Bonchev–Trinajstić information content (AvgIpc) is 3.20. The molecule has 0 saturated carbocycles. The molecule has 0 radical (unpaired) electrons. The van der Waals surface area contributed by atoms with Crippen LogP contribution >= 0.6 is 11.3 Å². The maximum absolute atomic E-state index is 12.8. The Balaban J connectivity index is 1.65. The highest BCUT2D eigenvalue weighted by Gasteiger charge is 2.29. The lowest BCUT2D eigenvalue weighted by atomic mass is 10.0. The van der Waals surface area contributed by atoms with Crippen molar-refractivity contribution in [2.75, 3.05) is 19.7 Å². The van der Waals surface area contributed by atoms with Crippen LogP contribution in [0, 0.1) is 0 Å². The van der Waals surface area contributed by atoms with Crippen molar-refractivity contribution in [3.05, 3.63) is 22.4 Å². The summed E-state index contributed by atoms with van der Waals surface area (Å²) in [5.74, 6) is 0.249. The van der Waals surface area contributed by atoms with Gasteiger partial charge < -0.3 is 15.0 Å². The van der Waals surface area contributed by atoms with E-state index in [2.05, 4.69) is 16.8 Å². The molecular weight excluding hydrogens is 284 g/mol. The van der Waals surface area contributed by atoms with Gasteiger partial charge >= 0.3 is 0 Å². The Kier molecular flexibility index (Phi) is 5.27. The second kappa shape index (κ2) is 7.38. The highest BCUT2D eigenvalue weighted by atomic mass is 32.1. The monoisotopic (exact) mass is 308 g/mol. The van der Waals surface area contributed by atoms with Crippen molar-refractivity contribution in [2.24, 2.45) is 0 Å². The molecule has 1 unspecified atom stereocenters. The molecule has 3 heterocycles. The number of piperidine rings is 1. The van der Waals surface area contributed by atoms with E-state index in [0.717, 1.165) is 45.4 Å². The van der Waals surface area contributed by atoms with Crippen LogP contribution < -0.4 is 5.32 Å². The van der Waals surface area contributed by atoms with Crippen molar-refractivity contribution in [1.29, 1.82) is 0 Å². The quantitative estimate of drug-likeness (QED) is 0.908. The fourth-order valence-electron chi connectivity index (χ4n) is 3.14. The lowest BCUT2D eigenvalue weighted by molar-refractivity contribution is -0.136. The molecule has 116 valence electrons. The summed E-state index contributed by atoms with van der Waals surface area (Å²) < 4.78 is 5.73. The van der Waals surface area contributed by atoms with Gasteiger partial charge in [-0.1, -0.05) is 12.5 Å². The van der Waals surface area contributed by atoms with E-state index in [9.17, 15) is 4.79 Å². The summed E-state index contributed by atoms with van der Waals surface area (Å²) in [6.07, 6.45) is 5.71. The number of amides is 1. The van der Waals surface area contributed by atoms with Crippen LogP contribution in [-0.2, 0) is 16.1 Å². The third kappa shape index (κ3) is 4.05. The summed E-state index contributed by atoms with van der Waals surface area (Å²) in [6, 6.07) is 4.16. The van der Waals surface area contributed by atoms with Crippen LogP contribution in [-0.4, -0.2) is 42.6 Å². The van der Waals surface area contributed by atoms with E-state index < -0.39 is 0 Å². The molecule has 2 fully saturated rings. The van der Waals surface area contributed by atoms with Crippen LogP contribution in [0.3, 0.4) is 0 Å². The Morgan fingerprint density at radius 3 is 3.00 bits per heavy atom. The van der Waals surface area contributed by atoms with Gasteiger partial charge in [-0.3, -0.25) is 4.79 Å². The van der Waals surface area contributed by atoms with Crippen LogP contribution in [0.15, 0.2) is 17.5 Å². The Morgan fingerprint density at radius 2 is 2.33 bits per heavy atom. The molecular formula is C16H24N2O2S. The molecule has 1 amide bonds. The van der Waals surface area contributed by atoms with Crippen LogP contribution in [0.2, 0.25) is 0 Å². The molecule has 3 rings (SSSR count). The number of thiophene rings is 1. The first-order valence-electron chi connectivity index (χ1n) is 7.99. The van der Waals surface area contributed by atoms with Crippen LogP contribution in [0.1, 0.15) is 37.0 Å². The topological polar surface area (TPSA) is 41.6 Å². The van der Waals surface area contributed by atoms with Gasteiger partial charge in [0.05, 0.1) is 18.7 Å². The van der Waals surface area contributed by atoms with Gasteiger partial charge in [0.15, 0.2) is 0 Å². The average molecular weight is 308 g/mol. The summed E-state index contributed by atoms with van der Waals surface area (Å²) >= 11 is 1.72. The molecule has 0 aliphatic carbocycles. The standard InChI is InChI=1S/C16H24N2O2S/c19-16(15-7-1-2-8-17-15)18(11-13-5-3-9-20-13)12-14-6-4-10-21-14/h4,6,10,13,15,17H,1-3,5,7-9,11-12H2/t13?,15-/m1/s1.